The second-order valence-corrected chi connectivity index (χ2v) is 10.2. The van der Waals surface area contributed by atoms with Crippen molar-refractivity contribution >= 4 is 33.4 Å². The van der Waals surface area contributed by atoms with Crippen LogP contribution in [-0.2, 0) is 9.59 Å². The van der Waals surface area contributed by atoms with Gasteiger partial charge in [0.1, 0.15) is 5.76 Å². The van der Waals surface area contributed by atoms with E-state index >= 15 is 0 Å². The molecule has 0 saturated carbocycles. The molecule has 1 saturated heterocycles. The molecule has 0 bridgehead atoms. The molecule has 0 aromatic heterocycles. The van der Waals surface area contributed by atoms with Crippen molar-refractivity contribution in [3.8, 4) is 11.5 Å². The van der Waals surface area contributed by atoms with Gasteiger partial charge in [-0.05, 0) is 56.3 Å². The zero-order valence-electron chi connectivity index (χ0n) is 20.9. The van der Waals surface area contributed by atoms with E-state index in [0.717, 1.165) is 10.9 Å². The molecular formula is C27H33BrN2O5. The number of ether oxygens (including phenoxy) is 2. The Morgan fingerprint density at radius 1 is 1.11 bits per heavy atom. The van der Waals surface area contributed by atoms with Crippen LogP contribution in [0.25, 0.3) is 5.76 Å². The van der Waals surface area contributed by atoms with Crippen LogP contribution in [0.1, 0.15) is 37.4 Å². The molecule has 3 rings (SSSR count). The number of aliphatic hydroxyl groups excluding tert-OH is 1. The molecule has 2 aromatic rings. The molecule has 1 heterocycles. The number of aliphatic hydroxyl groups is 1. The molecule has 1 N–H and O–H groups in total. The Bertz CT molecular complexity index is 1100. The minimum atomic E-state index is -0.753. The smallest absolute Gasteiger partial charge is 0.295 e. The Kier molecular flexibility index (Phi) is 8.97. The fourth-order valence-corrected chi connectivity index (χ4v) is 4.17. The van der Waals surface area contributed by atoms with E-state index in [1.54, 1.807) is 43.5 Å². The number of benzene rings is 2. The van der Waals surface area contributed by atoms with E-state index in [1.165, 1.54) is 4.90 Å². The number of likely N-dealkylation sites (tertiary alicyclic amines) is 1. The number of carbonyl (C=O) groups is 2. The summed E-state index contributed by atoms with van der Waals surface area (Å²) in [5, 5.41) is 11.2. The van der Waals surface area contributed by atoms with Crippen LogP contribution in [0.15, 0.2) is 52.5 Å². The maximum Gasteiger partial charge on any atom is 0.295 e. The second-order valence-electron chi connectivity index (χ2n) is 9.24. The fourth-order valence-electron chi connectivity index (χ4n) is 3.91. The quantitative estimate of drug-likeness (QED) is 0.261. The molecular weight excluding hydrogens is 512 g/mol. The number of halogens is 1. The molecule has 188 valence electrons. The van der Waals surface area contributed by atoms with E-state index in [0.29, 0.717) is 48.2 Å². The molecule has 0 radical (unpaired) electrons. The molecule has 7 nitrogen and oxygen atoms in total. The number of likely N-dealkylation sites (N-methyl/N-ethyl adjacent to an activating group) is 1. The van der Waals surface area contributed by atoms with Crippen LogP contribution in [0.2, 0.25) is 0 Å². The molecule has 0 spiro atoms. The molecule has 2 aromatic carbocycles. The van der Waals surface area contributed by atoms with Gasteiger partial charge in [0.05, 0.1) is 25.3 Å². The number of ketones is 1. The number of nitrogens with zero attached hydrogens (tertiary/aromatic N) is 2. The van der Waals surface area contributed by atoms with E-state index in [4.69, 9.17) is 9.47 Å². The van der Waals surface area contributed by atoms with Gasteiger partial charge in [-0.2, -0.15) is 0 Å². The average molecular weight is 545 g/mol. The van der Waals surface area contributed by atoms with E-state index in [1.807, 2.05) is 25.1 Å². The van der Waals surface area contributed by atoms with Crippen LogP contribution in [0.4, 0.5) is 0 Å². The van der Waals surface area contributed by atoms with Crippen LogP contribution in [0, 0.1) is 5.92 Å². The molecule has 1 aliphatic heterocycles. The third-order valence-corrected chi connectivity index (χ3v) is 6.43. The maximum atomic E-state index is 13.2. The number of rotatable bonds is 10. The standard InChI is InChI=1S/C27H33BrN2O5/c1-17(2)12-15-35-21-11-8-19(16-22(21)34-5)24-23(25(31)18-6-9-20(28)10-7-18)26(32)27(33)30(24)14-13-29(3)4/h6-11,16-17,24,31H,12-15H2,1-5H3. The van der Waals surface area contributed by atoms with Gasteiger partial charge in [0, 0.05) is 23.1 Å². The second kappa shape index (κ2) is 11.7. The summed E-state index contributed by atoms with van der Waals surface area (Å²) in [5.41, 5.74) is 1.19. The number of methoxy groups -OCH3 is 1. The molecule has 1 fully saturated rings. The first-order valence-corrected chi connectivity index (χ1v) is 12.4. The third-order valence-electron chi connectivity index (χ3n) is 5.90. The number of carbonyl (C=O) groups excluding carboxylic acids is 2. The zero-order valence-corrected chi connectivity index (χ0v) is 22.5. The monoisotopic (exact) mass is 544 g/mol. The normalized spacial score (nSPS) is 17.5. The lowest BCUT2D eigenvalue weighted by molar-refractivity contribution is -0.140. The van der Waals surface area contributed by atoms with Crippen molar-refractivity contribution in [1.82, 2.24) is 9.80 Å². The van der Waals surface area contributed by atoms with Crippen molar-refractivity contribution in [2.75, 3.05) is 40.9 Å². The summed E-state index contributed by atoms with van der Waals surface area (Å²) < 4.78 is 12.3. The molecule has 1 amide bonds. The van der Waals surface area contributed by atoms with Crippen LogP contribution >= 0.6 is 15.9 Å². The van der Waals surface area contributed by atoms with Crippen molar-refractivity contribution in [2.24, 2.45) is 5.92 Å². The van der Waals surface area contributed by atoms with Crippen LogP contribution in [0.3, 0.4) is 0 Å². The maximum absolute atomic E-state index is 13.2. The van der Waals surface area contributed by atoms with Crippen LogP contribution in [0.5, 0.6) is 11.5 Å². The highest BCUT2D eigenvalue weighted by Crippen LogP contribution is 2.42. The van der Waals surface area contributed by atoms with Gasteiger partial charge in [0.15, 0.2) is 11.5 Å². The lowest BCUT2D eigenvalue weighted by Gasteiger charge is -2.27. The summed E-state index contributed by atoms with van der Waals surface area (Å²) in [6.07, 6.45) is 0.906. The van der Waals surface area contributed by atoms with Gasteiger partial charge in [-0.1, -0.05) is 48.0 Å². The first-order chi connectivity index (χ1) is 16.6. The van der Waals surface area contributed by atoms with Crippen LogP contribution < -0.4 is 9.47 Å². The Balaban J connectivity index is 2.08. The van der Waals surface area contributed by atoms with Gasteiger partial charge < -0.3 is 24.4 Å². The molecule has 35 heavy (non-hydrogen) atoms. The fraction of sp³-hybridized carbons (Fsp3) is 0.407. The minimum absolute atomic E-state index is 0.0617. The van der Waals surface area contributed by atoms with Gasteiger partial charge in [-0.15, -0.1) is 0 Å². The summed E-state index contributed by atoms with van der Waals surface area (Å²) in [7, 11) is 5.36. The Labute approximate surface area is 215 Å². The molecule has 0 aliphatic carbocycles. The number of hydrogen-bond acceptors (Lipinski definition) is 6. The molecule has 1 atom stereocenters. The highest BCUT2D eigenvalue weighted by Gasteiger charge is 2.46. The predicted octanol–water partition coefficient (Wildman–Crippen LogP) is 4.87. The first kappa shape index (κ1) is 26.8. The van der Waals surface area contributed by atoms with E-state index in [-0.39, 0.29) is 11.3 Å². The van der Waals surface area contributed by atoms with E-state index in [9.17, 15) is 14.7 Å². The largest absolute Gasteiger partial charge is 0.507 e. The highest BCUT2D eigenvalue weighted by molar-refractivity contribution is 9.10. The first-order valence-electron chi connectivity index (χ1n) is 11.6. The lowest BCUT2D eigenvalue weighted by atomic mass is 9.95. The topological polar surface area (TPSA) is 79.3 Å². The summed E-state index contributed by atoms with van der Waals surface area (Å²) >= 11 is 3.38. The average Bonchev–Trinajstić information content (AvgIpc) is 3.07. The lowest BCUT2D eigenvalue weighted by Crippen LogP contribution is -2.35. The van der Waals surface area contributed by atoms with Gasteiger partial charge in [-0.25, -0.2) is 0 Å². The van der Waals surface area contributed by atoms with Crippen molar-refractivity contribution in [3.05, 3.63) is 63.6 Å². The number of hydrogen-bond donors (Lipinski definition) is 1. The molecule has 8 heteroatoms. The summed E-state index contributed by atoms with van der Waals surface area (Å²) in [4.78, 5) is 29.7. The van der Waals surface area contributed by atoms with Gasteiger partial charge >= 0.3 is 0 Å². The van der Waals surface area contributed by atoms with E-state index in [2.05, 4.69) is 29.8 Å². The Morgan fingerprint density at radius 3 is 2.40 bits per heavy atom. The van der Waals surface area contributed by atoms with Crippen molar-refractivity contribution in [3.63, 3.8) is 0 Å². The van der Waals surface area contributed by atoms with Crippen LogP contribution in [-0.4, -0.2) is 67.5 Å². The summed E-state index contributed by atoms with van der Waals surface area (Å²) in [6.45, 7) is 5.71. The van der Waals surface area contributed by atoms with E-state index < -0.39 is 17.7 Å². The SMILES string of the molecule is COc1cc(C2C(=C(O)c3ccc(Br)cc3)C(=O)C(=O)N2CCN(C)C)ccc1OCCC(C)C. The van der Waals surface area contributed by atoms with Gasteiger partial charge in [-0.3, -0.25) is 9.59 Å². The van der Waals surface area contributed by atoms with Crippen molar-refractivity contribution < 1.29 is 24.2 Å². The molecule has 1 aliphatic rings. The van der Waals surface area contributed by atoms with Crippen molar-refractivity contribution in [1.29, 1.82) is 0 Å². The minimum Gasteiger partial charge on any atom is -0.507 e. The number of amides is 1. The Morgan fingerprint density at radius 2 is 1.80 bits per heavy atom. The van der Waals surface area contributed by atoms with Gasteiger partial charge in [0.2, 0.25) is 0 Å². The van der Waals surface area contributed by atoms with Crippen molar-refractivity contribution in [2.45, 2.75) is 26.3 Å². The number of Topliss-reactive ketones (excluding diaryl/α,β-unsaturated/α-hetero) is 1. The van der Waals surface area contributed by atoms with Gasteiger partial charge in [0.25, 0.3) is 11.7 Å². The third kappa shape index (κ3) is 6.24. The summed E-state index contributed by atoms with van der Waals surface area (Å²) in [5.74, 6) is 0.0695. The molecule has 1 unspecified atom stereocenters. The highest BCUT2D eigenvalue weighted by atomic mass is 79.9. The summed E-state index contributed by atoms with van der Waals surface area (Å²) in [6, 6.07) is 11.6. The zero-order chi connectivity index (χ0) is 25.7. The Hall–Kier alpha value is -2.84. The predicted molar refractivity (Wildman–Crippen MR) is 140 cm³/mol.